The Kier molecular flexibility index (Phi) is 3.52. The first-order valence-corrected chi connectivity index (χ1v) is 7.27. The molecule has 3 rings (SSSR count). The summed E-state index contributed by atoms with van der Waals surface area (Å²) in [5, 5.41) is 5.07. The number of carbonyl (C=O) groups is 1. The van der Waals surface area contributed by atoms with Crippen molar-refractivity contribution >= 4 is 28.2 Å². The van der Waals surface area contributed by atoms with Crippen LogP contribution in [0.3, 0.4) is 0 Å². The summed E-state index contributed by atoms with van der Waals surface area (Å²) in [7, 11) is 0. The van der Waals surface area contributed by atoms with Gasteiger partial charge in [-0.2, -0.15) is 0 Å². The maximum atomic E-state index is 12.5. The average Bonchev–Trinajstić information content (AvgIpc) is 2.94. The maximum absolute atomic E-state index is 12.5. The van der Waals surface area contributed by atoms with Gasteiger partial charge in [0.05, 0.1) is 11.2 Å². The van der Waals surface area contributed by atoms with Crippen LogP contribution in [0.4, 0.5) is 0 Å². The summed E-state index contributed by atoms with van der Waals surface area (Å²) in [6, 6.07) is 9.45. The molecular formula is C15H13N3OS. The molecule has 0 aliphatic rings. The lowest BCUT2D eigenvalue weighted by Gasteiger charge is -2.02. The number of ketones is 1. The standard InChI is InChI=1S/C15H13N3OS/c1-2-4-12-15(20-18-17-12)14(19)11-7-6-10-5-3-8-16-13(10)9-11/h3,5-9H,2,4H2,1H3. The fraction of sp³-hybridized carbons (Fsp3) is 0.200. The van der Waals surface area contributed by atoms with E-state index in [1.165, 1.54) is 11.5 Å². The van der Waals surface area contributed by atoms with Crippen LogP contribution in [-0.4, -0.2) is 20.4 Å². The summed E-state index contributed by atoms with van der Waals surface area (Å²) >= 11 is 1.17. The molecule has 0 saturated heterocycles. The van der Waals surface area contributed by atoms with Crippen LogP contribution in [0.25, 0.3) is 10.9 Å². The van der Waals surface area contributed by atoms with E-state index in [1.54, 1.807) is 6.20 Å². The number of carbonyl (C=O) groups excluding carboxylic acids is 1. The van der Waals surface area contributed by atoms with Crippen LogP contribution in [0.5, 0.6) is 0 Å². The molecule has 2 aromatic heterocycles. The number of rotatable bonds is 4. The minimum atomic E-state index is -0.0176. The van der Waals surface area contributed by atoms with Crippen molar-refractivity contribution in [1.82, 2.24) is 14.6 Å². The zero-order chi connectivity index (χ0) is 13.9. The van der Waals surface area contributed by atoms with Gasteiger partial charge in [-0.25, -0.2) is 0 Å². The van der Waals surface area contributed by atoms with Crippen LogP contribution >= 0.6 is 11.5 Å². The van der Waals surface area contributed by atoms with Gasteiger partial charge in [0, 0.05) is 17.1 Å². The molecule has 0 aliphatic carbocycles. The first-order valence-electron chi connectivity index (χ1n) is 6.50. The highest BCUT2D eigenvalue weighted by atomic mass is 32.1. The third-order valence-electron chi connectivity index (χ3n) is 3.12. The molecule has 0 unspecified atom stereocenters. The molecule has 4 nitrogen and oxygen atoms in total. The number of aryl methyl sites for hydroxylation is 1. The first kappa shape index (κ1) is 12.9. The highest BCUT2D eigenvalue weighted by Gasteiger charge is 2.17. The van der Waals surface area contributed by atoms with Crippen molar-refractivity contribution in [3.63, 3.8) is 0 Å². The van der Waals surface area contributed by atoms with E-state index in [0.29, 0.717) is 10.4 Å². The molecular weight excluding hydrogens is 270 g/mol. The van der Waals surface area contributed by atoms with Crippen molar-refractivity contribution in [3.05, 3.63) is 52.7 Å². The van der Waals surface area contributed by atoms with E-state index in [-0.39, 0.29) is 5.78 Å². The minimum absolute atomic E-state index is 0.0176. The van der Waals surface area contributed by atoms with Gasteiger partial charge in [0.2, 0.25) is 5.78 Å². The van der Waals surface area contributed by atoms with Gasteiger partial charge in [-0.3, -0.25) is 9.78 Å². The van der Waals surface area contributed by atoms with Gasteiger partial charge in [0.1, 0.15) is 4.88 Å². The largest absolute Gasteiger partial charge is 0.288 e. The van der Waals surface area contributed by atoms with E-state index in [1.807, 2.05) is 30.3 Å². The molecule has 0 N–H and O–H groups in total. The molecule has 0 aliphatic heterocycles. The molecule has 0 saturated carbocycles. The fourth-order valence-electron chi connectivity index (χ4n) is 2.12. The molecule has 0 bridgehead atoms. The number of hydrogen-bond donors (Lipinski definition) is 0. The lowest BCUT2D eigenvalue weighted by atomic mass is 10.0. The van der Waals surface area contributed by atoms with Gasteiger partial charge in [0.15, 0.2) is 0 Å². The lowest BCUT2D eigenvalue weighted by Crippen LogP contribution is -2.03. The van der Waals surface area contributed by atoms with Gasteiger partial charge in [-0.05, 0) is 30.1 Å². The lowest BCUT2D eigenvalue weighted by molar-refractivity contribution is 0.104. The second-order valence-corrected chi connectivity index (χ2v) is 5.29. The number of fused-ring (bicyclic) bond motifs is 1. The van der Waals surface area contributed by atoms with Crippen LogP contribution < -0.4 is 0 Å². The Morgan fingerprint density at radius 3 is 3.05 bits per heavy atom. The predicted molar refractivity (Wildman–Crippen MR) is 79.1 cm³/mol. The van der Waals surface area contributed by atoms with Crippen LogP contribution in [0.1, 0.15) is 34.3 Å². The number of nitrogens with zero attached hydrogens (tertiary/aromatic N) is 3. The van der Waals surface area contributed by atoms with Gasteiger partial charge in [-0.15, -0.1) is 5.10 Å². The van der Waals surface area contributed by atoms with Gasteiger partial charge in [0.25, 0.3) is 0 Å². The Hall–Kier alpha value is -2.14. The zero-order valence-corrected chi connectivity index (χ0v) is 11.9. The smallest absolute Gasteiger partial charge is 0.206 e. The molecule has 0 atom stereocenters. The fourth-order valence-corrected chi connectivity index (χ4v) is 2.79. The SMILES string of the molecule is CCCc1nnsc1C(=O)c1ccc2cccnc2c1. The first-order chi connectivity index (χ1) is 9.79. The van der Waals surface area contributed by atoms with Crippen molar-refractivity contribution in [2.75, 3.05) is 0 Å². The Labute approximate surface area is 120 Å². The van der Waals surface area contributed by atoms with Gasteiger partial charge >= 0.3 is 0 Å². The third kappa shape index (κ3) is 2.32. The number of benzene rings is 1. The monoisotopic (exact) mass is 283 g/mol. The Bertz CT molecular complexity index is 766. The summed E-state index contributed by atoms with van der Waals surface area (Å²) in [5.74, 6) is -0.0176. The van der Waals surface area contributed by atoms with Crippen molar-refractivity contribution < 1.29 is 4.79 Å². The predicted octanol–water partition coefficient (Wildman–Crippen LogP) is 3.27. The van der Waals surface area contributed by atoms with Crippen LogP contribution in [-0.2, 0) is 6.42 Å². The Morgan fingerprint density at radius 1 is 1.30 bits per heavy atom. The van der Waals surface area contributed by atoms with E-state index in [9.17, 15) is 4.79 Å². The molecule has 0 spiro atoms. The van der Waals surface area contributed by atoms with Crippen molar-refractivity contribution in [1.29, 1.82) is 0 Å². The molecule has 0 amide bonds. The molecule has 1 aromatic carbocycles. The van der Waals surface area contributed by atoms with E-state index in [0.717, 1.165) is 29.4 Å². The average molecular weight is 283 g/mol. The van der Waals surface area contributed by atoms with Gasteiger partial charge < -0.3 is 0 Å². The molecule has 100 valence electrons. The van der Waals surface area contributed by atoms with Crippen molar-refractivity contribution in [2.24, 2.45) is 0 Å². The zero-order valence-electron chi connectivity index (χ0n) is 11.0. The second-order valence-electron chi connectivity index (χ2n) is 4.54. The second kappa shape index (κ2) is 5.46. The molecule has 5 heteroatoms. The van der Waals surface area contributed by atoms with E-state index in [2.05, 4.69) is 21.5 Å². The van der Waals surface area contributed by atoms with Gasteiger partial charge in [-0.1, -0.05) is 36.0 Å². The number of pyridine rings is 1. The third-order valence-corrected chi connectivity index (χ3v) is 3.88. The number of hydrogen-bond acceptors (Lipinski definition) is 5. The summed E-state index contributed by atoms with van der Waals surface area (Å²) in [5.41, 5.74) is 2.26. The summed E-state index contributed by atoms with van der Waals surface area (Å²) < 4.78 is 3.90. The quantitative estimate of drug-likeness (QED) is 0.690. The Morgan fingerprint density at radius 2 is 2.20 bits per heavy atom. The topological polar surface area (TPSA) is 55.7 Å². The van der Waals surface area contributed by atoms with Crippen molar-refractivity contribution in [3.8, 4) is 0 Å². The molecule has 0 fully saturated rings. The number of aromatic nitrogens is 3. The van der Waals surface area contributed by atoms with E-state index >= 15 is 0 Å². The highest BCUT2D eigenvalue weighted by Crippen LogP contribution is 2.20. The molecule has 3 aromatic rings. The Balaban J connectivity index is 2.01. The molecule has 2 heterocycles. The maximum Gasteiger partial charge on any atom is 0.206 e. The summed E-state index contributed by atoms with van der Waals surface area (Å²) in [6.45, 7) is 2.06. The van der Waals surface area contributed by atoms with E-state index in [4.69, 9.17) is 0 Å². The van der Waals surface area contributed by atoms with E-state index < -0.39 is 0 Å². The normalized spacial score (nSPS) is 10.8. The van der Waals surface area contributed by atoms with Crippen LogP contribution in [0, 0.1) is 0 Å². The summed E-state index contributed by atoms with van der Waals surface area (Å²) in [4.78, 5) is 17.5. The van der Waals surface area contributed by atoms with Crippen LogP contribution in [0.2, 0.25) is 0 Å². The summed E-state index contributed by atoms with van der Waals surface area (Å²) in [6.07, 6.45) is 3.46. The molecule has 0 radical (unpaired) electrons. The minimum Gasteiger partial charge on any atom is -0.288 e. The van der Waals surface area contributed by atoms with Crippen molar-refractivity contribution in [2.45, 2.75) is 19.8 Å². The highest BCUT2D eigenvalue weighted by molar-refractivity contribution is 7.08. The molecule has 20 heavy (non-hydrogen) atoms. The van der Waals surface area contributed by atoms with Crippen LogP contribution in [0.15, 0.2) is 36.5 Å².